The Morgan fingerprint density at radius 3 is 2.20 bits per heavy atom. The zero-order valence-corrected chi connectivity index (χ0v) is 6.44. The van der Waals surface area contributed by atoms with Gasteiger partial charge in [0.15, 0.2) is 0 Å². The third kappa shape index (κ3) is 1.32. The molecular formula is C4H7N3O2S. The third-order valence-corrected chi connectivity index (χ3v) is 1.82. The van der Waals surface area contributed by atoms with Crippen molar-refractivity contribution in [3.05, 3.63) is 5.82 Å². The maximum absolute atomic E-state index is 10.7. The van der Waals surface area contributed by atoms with E-state index in [0.29, 0.717) is 5.82 Å². The van der Waals surface area contributed by atoms with E-state index in [1.54, 1.807) is 6.92 Å². The van der Waals surface area contributed by atoms with Crippen molar-refractivity contribution < 1.29 is 8.42 Å². The fourth-order valence-corrected chi connectivity index (χ4v) is 1.01. The van der Waals surface area contributed by atoms with E-state index < -0.39 is 9.84 Å². The molecule has 1 N–H and O–H groups in total. The zero-order chi connectivity index (χ0) is 7.78. The predicted molar refractivity (Wildman–Crippen MR) is 34.2 cm³/mol. The van der Waals surface area contributed by atoms with E-state index in [9.17, 15) is 8.42 Å². The standard InChI is InChI=1S/C4H7N3O2S/c1-3-5-4(7-6-3)10(2,8)9/h1-2H3,(H,5,6,7). The van der Waals surface area contributed by atoms with Crippen molar-refractivity contribution in [3.8, 4) is 0 Å². The number of aromatic nitrogens is 3. The average molecular weight is 161 g/mol. The van der Waals surface area contributed by atoms with Crippen LogP contribution in [0.2, 0.25) is 0 Å². The van der Waals surface area contributed by atoms with Crippen molar-refractivity contribution >= 4 is 9.84 Å². The van der Waals surface area contributed by atoms with Crippen LogP contribution in [0.5, 0.6) is 0 Å². The van der Waals surface area contributed by atoms with Gasteiger partial charge in [-0.2, -0.15) is 0 Å². The lowest BCUT2D eigenvalue weighted by Crippen LogP contribution is -1.99. The van der Waals surface area contributed by atoms with E-state index in [0.717, 1.165) is 6.26 Å². The van der Waals surface area contributed by atoms with Crippen LogP contribution in [0.15, 0.2) is 5.16 Å². The lowest BCUT2D eigenvalue weighted by molar-refractivity contribution is 0.593. The average Bonchev–Trinajstić information content (AvgIpc) is 2.11. The molecule has 1 rings (SSSR count). The Labute approximate surface area is 58.4 Å². The topological polar surface area (TPSA) is 75.7 Å². The van der Waals surface area contributed by atoms with E-state index >= 15 is 0 Å². The van der Waals surface area contributed by atoms with Gasteiger partial charge in [-0.05, 0) is 6.92 Å². The third-order valence-electron chi connectivity index (χ3n) is 0.930. The Kier molecular flexibility index (Phi) is 1.47. The van der Waals surface area contributed by atoms with Gasteiger partial charge in [0, 0.05) is 6.26 Å². The van der Waals surface area contributed by atoms with Gasteiger partial charge in [-0.15, -0.1) is 10.2 Å². The number of rotatable bonds is 1. The van der Waals surface area contributed by atoms with Crippen molar-refractivity contribution in [2.75, 3.05) is 6.26 Å². The first-order valence-corrected chi connectivity index (χ1v) is 4.48. The summed E-state index contributed by atoms with van der Waals surface area (Å²) >= 11 is 0. The summed E-state index contributed by atoms with van der Waals surface area (Å²) in [6.07, 6.45) is 1.08. The van der Waals surface area contributed by atoms with Crippen molar-refractivity contribution in [2.24, 2.45) is 0 Å². The van der Waals surface area contributed by atoms with Gasteiger partial charge in [-0.3, -0.25) is 0 Å². The van der Waals surface area contributed by atoms with E-state index in [1.807, 2.05) is 0 Å². The number of hydrogen-bond acceptors (Lipinski definition) is 4. The monoisotopic (exact) mass is 161 g/mol. The summed E-state index contributed by atoms with van der Waals surface area (Å²) in [7, 11) is -3.21. The van der Waals surface area contributed by atoms with Gasteiger partial charge in [0.1, 0.15) is 5.82 Å². The molecule has 0 aliphatic carbocycles. The molecule has 1 aromatic rings. The second-order valence-electron chi connectivity index (χ2n) is 1.99. The molecule has 0 saturated heterocycles. The summed E-state index contributed by atoms with van der Waals surface area (Å²) in [5.41, 5.74) is 0. The summed E-state index contributed by atoms with van der Waals surface area (Å²) in [6, 6.07) is 0. The van der Waals surface area contributed by atoms with Gasteiger partial charge >= 0.3 is 0 Å². The zero-order valence-electron chi connectivity index (χ0n) is 5.62. The summed E-state index contributed by atoms with van der Waals surface area (Å²) in [5.74, 6) is 0.500. The van der Waals surface area contributed by atoms with E-state index in [4.69, 9.17) is 0 Å². The molecule has 0 amide bonds. The Morgan fingerprint density at radius 1 is 1.40 bits per heavy atom. The first-order chi connectivity index (χ1) is 4.50. The highest BCUT2D eigenvalue weighted by atomic mass is 32.2. The molecule has 0 atom stereocenters. The molecule has 10 heavy (non-hydrogen) atoms. The molecule has 0 aliphatic heterocycles. The molecule has 0 saturated carbocycles. The minimum absolute atomic E-state index is 0.0787. The highest BCUT2D eigenvalue weighted by Gasteiger charge is 2.10. The van der Waals surface area contributed by atoms with Gasteiger partial charge < -0.3 is 4.98 Å². The van der Waals surface area contributed by atoms with Gasteiger partial charge in [0.25, 0.3) is 0 Å². The quantitative estimate of drug-likeness (QED) is 0.603. The van der Waals surface area contributed by atoms with Crippen LogP contribution in [0.25, 0.3) is 0 Å². The Morgan fingerprint density at radius 2 is 2.00 bits per heavy atom. The molecule has 0 radical (unpaired) electrons. The molecule has 56 valence electrons. The SMILES string of the molecule is Cc1nnc(S(C)(=O)=O)[nH]1. The molecule has 0 bridgehead atoms. The van der Waals surface area contributed by atoms with Crippen LogP contribution in [-0.2, 0) is 9.84 Å². The molecule has 1 heterocycles. The van der Waals surface area contributed by atoms with Gasteiger partial charge in [0.2, 0.25) is 15.0 Å². The number of sulfone groups is 1. The highest BCUT2D eigenvalue weighted by Crippen LogP contribution is 1.98. The smallest absolute Gasteiger partial charge is 0.246 e. The van der Waals surface area contributed by atoms with Crippen LogP contribution >= 0.6 is 0 Å². The van der Waals surface area contributed by atoms with Crippen LogP contribution in [0.3, 0.4) is 0 Å². The number of nitrogens with zero attached hydrogens (tertiary/aromatic N) is 2. The highest BCUT2D eigenvalue weighted by molar-refractivity contribution is 7.90. The number of H-pyrrole nitrogens is 1. The summed E-state index contributed by atoms with van der Waals surface area (Å²) in [6.45, 7) is 1.64. The van der Waals surface area contributed by atoms with Crippen molar-refractivity contribution in [3.63, 3.8) is 0 Å². The van der Waals surface area contributed by atoms with E-state index in [2.05, 4.69) is 15.2 Å². The number of hydrogen-bond donors (Lipinski definition) is 1. The van der Waals surface area contributed by atoms with Crippen molar-refractivity contribution in [1.82, 2.24) is 15.2 Å². The fourth-order valence-electron chi connectivity index (χ4n) is 0.492. The van der Waals surface area contributed by atoms with E-state index in [1.165, 1.54) is 0 Å². The fraction of sp³-hybridized carbons (Fsp3) is 0.500. The minimum Gasteiger partial charge on any atom is -0.316 e. The lowest BCUT2D eigenvalue weighted by Gasteiger charge is -1.85. The largest absolute Gasteiger partial charge is 0.316 e. The number of nitrogens with one attached hydrogen (secondary N) is 1. The Hall–Kier alpha value is -0.910. The first-order valence-electron chi connectivity index (χ1n) is 2.59. The number of aromatic amines is 1. The molecule has 6 heteroatoms. The molecule has 0 spiro atoms. The maximum atomic E-state index is 10.7. The Bertz CT molecular complexity index is 326. The van der Waals surface area contributed by atoms with Gasteiger partial charge in [-0.1, -0.05) is 0 Å². The molecular weight excluding hydrogens is 154 g/mol. The molecule has 0 unspecified atom stereocenters. The predicted octanol–water partition coefficient (Wildman–Crippen LogP) is -0.483. The molecule has 0 aliphatic rings. The minimum atomic E-state index is -3.21. The molecule has 1 aromatic heterocycles. The van der Waals surface area contributed by atoms with Crippen LogP contribution in [-0.4, -0.2) is 29.9 Å². The second-order valence-corrected chi connectivity index (χ2v) is 3.92. The molecule has 0 fully saturated rings. The summed E-state index contributed by atoms with van der Waals surface area (Å²) in [4.78, 5) is 2.51. The lowest BCUT2D eigenvalue weighted by atomic mass is 10.8. The van der Waals surface area contributed by atoms with Crippen LogP contribution in [0.1, 0.15) is 5.82 Å². The van der Waals surface area contributed by atoms with Crippen LogP contribution in [0, 0.1) is 6.92 Å². The van der Waals surface area contributed by atoms with Crippen molar-refractivity contribution in [2.45, 2.75) is 12.1 Å². The second kappa shape index (κ2) is 2.05. The van der Waals surface area contributed by atoms with Crippen LogP contribution in [0.4, 0.5) is 0 Å². The van der Waals surface area contributed by atoms with Crippen LogP contribution < -0.4 is 0 Å². The van der Waals surface area contributed by atoms with Crippen molar-refractivity contribution in [1.29, 1.82) is 0 Å². The molecule has 0 aromatic carbocycles. The van der Waals surface area contributed by atoms with Gasteiger partial charge in [0.05, 0.1) is 0 Å². The first kappa shape index (κ1) is 7.20. The van der Waals surface area contributed by atoms with Gasteiger partial charge in [-0.25, -0.2) is 8.42 Å². The number of aryl methyl sites for hydroxylation is 1. The normalized spacial score (nSPS) is 11.8. The summed E-state index contributed by atoms with van der Waals surface area (Å²) in [5, 5.41) is 6.81. The maximum Gasteiger partial charge on any atom is 0.246 e. The van der Waals surface area contributed by atoms with E-state index in [-0.39, 0.29) is 5.16 Å². The Balaban J connectivity index is 3.21. The molecule has 5 nitrogen and oxygen atoms in total. The summed E-state index contributed by atoms with van der Waals surface area (Å²) < 4.78 is 21.4.